The summed E-state index contributed by atoms with van der Waals surface area (Å²) >= 11 is 0. The first kappa shape index (κ1) is 24.9. The molecule has 0 bridgehead atoms. The molecule has 0 N–H and O–H groups in total. The fourth-order valence-corrected chi connectivity index (χ4v) is 3.91. The highest BCUT2D eigenvalue weighted by Crippen LogP contribution is 2.41. The minimum absolute atomic E-state index is 0.0794. The van der Waals surface area contributed by atoms with E-state index in [4.69, 9.17) is 15.0 Å². The van der Waals surface area contributed by atoms with Crippen molar-refractivity contribution < 1.29 is 35.8 Å². The third-order valence-electron chi connectivity index (χ3n) is 5.55. The molecule has 1 aliphatic heterocycles. The Bertz CT molecular complexity index is 958. The van der Waals surface area contributed by atoms with E-state index >= 15 is 0 Å². The fraction of sp³-hybridized carbons (Fsp3) is 0.455. The van der Waals surface area contributed by atoms with Crippen LogP contribution < -0.4 is 0 Å². The molecule has 33 heavy (non-hydrogen) atoms. The number of nitrogens with zero attached hydrogens (tertiary/aromatic N) is 3. The van der Waals surface area contributed by atoms with Crippen molar-refractivity contribution in [3.63, 3.8) is 0 Å². The predicted molar refractivity (Wildman–Crippen MR) is 107 cm³/mol. The third-order valence-corrected chi connectivity index (χ3v) is 5.55. The lowest BCUT2D eigenvalue weighted by Crippen LogP contribution is -2.38. The molecule has 0 radical (unpaired) electrons. The Labute approximate surface area is 185 Å². The Hall–Kier alpha value is -2.75. The van der Waals surface area contributed by atoms with Crippen molar-refractivity contribution in [3.8, 4) is 0 Å². The Morgan fingerprint density at radius 2 is 1.67 bits per heavy atom. The van der Waals surface area contributed by atoms with Gasteiger partial charge in [0.2, 0.25) is 0 Å². The smallest absolute Gasteiger partial charge is 0.352 e. The molecular weight excluding hydrogens is 452 g/mol. The topological polar surface area (TPSA) is 67.2 Å². The lowest BCUT2D eigenvalue weighted by atomic mass is 9.82. The standard InChI is InChI=1S/C22H21F6N3O2/c1-13(16-9-17(21(23,24)25)11-18(10-16)22(26,27)28)33-20-19(14-5-3-2-4-6-14)15(7-8-32-20)12-30-31-29/h2-6,9-11,13,15,19-20H,7-8,12H2,1H3/t13?,15-,19-,20+/m0/s1. The van der Waals surface area contributed by atoms with E-state index in [9.17, 15) is 26.3 Å². The number of hydrogen-bond donors (Lipinski definition) is 0. The second-order valence-corrected chi connectivity index (χ2v) is 7.76. The van der Waals surface area contributed by atoms with Crippen molar-refractivity contribution in [2.45, 2.75) is 44.0 Å². The van der Waals surface area contributed by atoms with E-state index < -0.39 is 41.8 Å². The molecule has 2 aromatic carbocycles. The van der Waals surface area contributed by atoms with E-state index in [0.29, 0.717) is 18.6 Å². The van der Waals surface area contributed by atoms with E-state index in [0.717, 1.165) is 5.56 Å². The molecule has 11 heteroatoms. The molecule has 0 saturated carbocycles. The van der Waals surface area contributed by atoms with Crippen LogP contribution in [0.15, 0.2) is 53.6 Å². The zero-order valence-corrected chi connectivity index (χ0v) is 17.5. The van der Waals surface area contributed by atoms with Crippen LogP contribution in [0, 0.1) is 5.92 Å². The van der Waals surface area contributed by atoms with Gasteiger partial charge in [-0.1, -0.05) is 35.4 Å². The zero-order chi connectivity index (χ0) is 24.2. The van der Waals surface area contributed by atoms with Crippen molar-refractivity contribution in [3.05, 3.63) is 81.2 Å². The van der Waals surface area contributed by atoms with Gasteiger partial charge in [0.05, 0.1) is 23.8 Å². The van der Waals surface area contributed by atoms with E-state index in [2.05, 4.69) is 10.0 Å². The SMILES string of the molecule is CC(O[C@H]1OCC[C@@H](CN=[N+]=[N-])[C@@H]1c1ccccc1)c1cc(C(F)(F)F)cc(C(F)(F)F)c1. The lowest BCUT2D eigenvalue weighted by Gasteiger charge is -2.39. The quantitative estimate of drug-likeness (QED) is 0.192. The molecular formula is C22H21F6N3O2. The molecule has 1 heterocycles. The summed E-state index contributed by atoms with van der Waals surface area (Å²) in [6.45, 7) is 1.76. The maximum absolute atomic E-state index is 13.2. The van der Waals surface area contributed by atoms with Gasteiger partial charge in [0, 0.05) is 17.4 Å². The first-order chi connectivity index (χ1) is 15.5. The predicted octanol–water partition coefficient (Wildman–Crippen LogP) is 7.26. The van der Waals surface area contributed by atoms with Crippen molar-refractivity contribution >= 4 is 0 Å². The van der Waals surface area contributed by atoms with Gasteiger partial charge >= 0.3 is 12.4 Å². The minimum atomic E-state index is -4.95. The van der Waals surface area contributed by atoms with Crippen molar-refractivity contribution in [1.82, 2.24) is 0 Å². The highest BCUT2D eigenvalue weighted by atomic mass is 19.4. The van der Waals surface area contributed by atoms with Crippen LogP contribution in [0.4, 0.5) is 26.3 Å². The number of ether oxygens (including phenoxy) is 2. The van der Waals surface area contributed by atoms with Gasteiger partial charge in [0.1, 0.15) is 0 Å². The van der Waals surface area contributed by atoms with Crippen molar-refractivity contribution in [2.24, 2.45) is 11.0 Å². The van der Waals surface area contributed by atoms with Crippen LogP contribution in [-0.2, 0) is 21.8 Å². The van der Waals surface area contributed by atoms with Crippen LogP contribution in [0.2, 0.25) is 0 Å². The number of alkyl halides is 6. The van der Waals surface area contributed by atoms with Gasteiger partial charge in [-0.05, 0) is 54.1 Å². The summed E-state index contributed by atoms with van der Waals surface area (Å²) in [5.74, 6) is -0.609. The summed E-state index contributed by atoms with van der Waals surface area (Å²) in [6.07, 6.45) is -11.5. The van der Waals surface area contributed by atoms with Crippen LogP contribution in [-0.4, -0.2) is 19.4 Å². The fourth-order valence-electron chi connectivity index (χ4n) is 3.91. The van der Waals surface area contributed by atoms with Gasteiger partial charge in [-0.3, -0.25) is 0 Å². The van der Waals surface area contributed by atoms with Crippen molar-refractivity contribution in [2.75, 3.05) is 13.2 Å². The molecule has 2 aromatic rings. The van der Waals surface area contributed by atoms with Gasteiger partial charge in [-0.25, -0.2) is 0 Å². The molecule has 4 atom stereocenters. The maximum atomic E-state index is 13.2. The number of hydrogen-bond acceptors (Lipinski definition) is 3. The summed E-state index contributed by atoms with van der Waals surface area (Å²) in [4.78, 5) is 2.79. The zero-order valence-electron chi connectivity index (χ0n) is 17.5. The summed E-state index contributed by atoms with van der Waals surface area (Å²) in [5.41, 5.74) is 6.42. The number of rotatable bonds is 6. The Morgan fingerprint density at radius 1 is 1.06 bits per heavy atom. The van der Waals surface area contributed by atoms with Crippen LogP contribution >= 0.6 is 0 Å². The summed E-state index contributed by atoms with van der Waals surface area (Å²) < 4.78 is 91.1. The highest BCUT2D eigenvalue weighted by Gasteiger charge is 2.39. The van der Waals surface area contributed by atoms with Gasteiger partial charge in [-0.15, -0.1) is 0 Å². The van der Waals surface area contributed by atoms with Gasteiger partial charge < -0.3 is 9.47 Å². The van der Waals surface area contributed by atoms with Crippen LogP contribution in [0.5, 0.6) is 0 Å². The molecule has 1 fully saturated rings. The molecule has 1 unspecified atom stereocenters. The van der Waals surface area contributed by atoms with E-state index in [1.165, 1.54) is 6.92 Å². The molecule has 0 aromatic heterocycles. The molecule has 1 aliphatic rings. The van der Waals surface area contributed by atoms with Crippen LogP contribution in [0.3, 0.4) is 0 Å². The van der Waals surface area contributed by atoms with Crippen LogP contribution in [0.25, 0.3) is 10.4 Å². The lowest BCUT2D eigenvalue weighted by molar-refractivity contribution is -0.208. The average molecular weight is 473 g/mol. The first-order valence-corrected chi connectivity index (χ1v) is 10.1. The number of azide groups is 1. The molecule has 0 spiro atoms. The molecule has 3 rings (SSSR count). The first-order valence-electron chi connectivity index (χ1n) is 10.1. The summed E-state index contributed by atoms with van der Waals surface area (Å²) in [7, 11) is 0. The van der Waals surface area contributed by atoms with Crippen molar-refractivity contribution in [1.29, 1.82) is 0 Å². The molecule has 0 amide bonds. The Morgan fingerprint density at radius 3 is 2.21 bits per heavy atom. The molecule has 1 saturated heterocycles. The van der Waals surface area contributed by atoms with Crippen LogP contribution in [0.1, 0.15) is 47.6 Å². The van der Waals surface area contributed by atoms with E-state index in [1.54, 1.807) is 18.2 Å². The Kier molecular flexibility index (Phi) is 7.56. The summed E-state index contributed by atoms with van der Waals surface area (Å²) in [5, 5.41) is 3.64. The highest BCUT2D eigenvalue weighted by molar-refractivity contribution is 5.34. The van der Waals surface area contributed by atoms with Gasteiger partial charge in [0.15, 0.2) is 6.29 Å². The largest absolute Gasteiger partial charge is 0.416 e. The Balaban J connectivity index is 1.94. The van der Waals surface area contributed by atoms with Gasteiger partial charge in [0.25, 0.3) is 0 Å². The average Bonchev–Trinajstić information content (AvgIpc) is 2.76. The third kappa shape index (κ3) is 6.19. The number of benzene rings is 2. The maximum Gasteiger partial charge on any atom is 0.416 e. The van der Waals surface area contributed by atoms with E-state index in [1.807, 2.05) is 12.1 Å². The second kappa shape index (κ2) is 10.0. The normalized spacial score (nSPS) is 22.5. The second-order valence-electron chi connectivity index (χ2n) is 7.76. The monoisotopic (exact) mass is 473 g/mol. The summed E-state index contributed by atoms with van der Waals surface area (Å²) in [6, 6.07) is 10.4. The molecule has 5 nitrogen and oxygen atoms in total. The van der Waals surface area contributed by atoms with Gasteiger partial charge in [-0.2, -0.15) is 26.3 Å². The van der Waals surface area contributed by atoms with E-state index in [-0.39, 0.29) is 30.7 Å². The minimum Gasteiger partial charge on any atom is -0.352 e. The number of halogens is 6. The molecule has 0 aliphatic carbocycles. The molecule has 178 valence electrons.